The second-order valence-electron chi connectivity index (χ2n) is 10.2. The highest BCUT2D eigenvalue weighted by Gasteiger charge is 2.54. The summed E-state index contributed by atoms with van der Waals surface area (Å²) >= 11 is 0. The molecule has 8 heteroatoms. The van der Waals surface area contributed by atoms with Crippen molar-refractivity contribution in [3.05, 3.63) is 101 Å². The number of aryl methyl sites for hydroxylation is 2. The number of ether oxygens (including phenoxy) is 1. The maximum Gasteiger partial charge on any atom is 0.256 e. The van der Waals surface area contributed by atoms with Crippen LogP contribution in [0.4, 0.5) is 0 Å². The third kappa shape index (κ3) is 5.56. The molecule has 1 spiro atoms. The van der Waals surface area contributed by atoms with Crippen molar-refractivity contribution in [3.63, 3.8) is 0 Å². The van der Waals surface area contributed by atoms with Gasteiger partial charge in [-0.25, -0.2) is 0 Å². The average Bonchev–Trinajstić information content (AvgIpc) is 3.34. The van der Waals surface area contributed by atoms with Gasteiger partial charge in [0, 0.05) is 56.0 Å². The van der Waals surface area contributed by atoms with Gasteiger partial charge in [-0.2, -0.15) is 0 Å². The third-order valence-corrected chi connectivity index (χ3v) is 7.68. The molecule has 0 radical (unpaired) electrons. The van der Waals surface area contributed by atoms with Crippen LogP contribution in [0.2, 0.25) is 0 Å². The van der Waals surface area contributed by atoms with E-state index >= 15 is 0 Å². The van der Waals surface area contributed by atoms with Crippen molar-refractivity contribution in [2.45, 2.75) is 51.4 Å². The van der Waals surface area contributed by atoms with E-state index in [9.17, 15) is 14.4 Å². The summed E-state index contributed by atoms with van der Waals surface area (Å²) < 4.78 is 6.31. The number of hydrogen-bond donors (Lipinski definition) is 1. The molecule has 2 aliphatic heterocycles. The van der Waals surface area contributed by atoms with Gasteiger partial charge in [0.1, 0.15) is 11.8 Å². The topological polar surface area (TPSA) is 91.8 Å². The number of hydrogen-bond acceptors (Lipinski definition) is 5. The van der Waals surface area contributed by atoms with Gasteiger partial charge in [0.25, 0.3) is 11.8 Å². The highest BCUT2D eigenvalue weighted by molar-refractivity contribution is 5.99. The summed E-state index contributed by atoms with van der Waals surface area (Å²) in [5.74, 6) is -0.549. The molecule has 3 aromatic rings. The number of amides is 3. The lowest BCUT2D eigenvalue weighted by molar-refractivity contribution is -0.128. The van der Waals surface area contributed by atoms with Crippen LogP contribution in [0.3, 0.4) is 0 Å². The van der Waals surface area contributed by atoms with Gasteiger partial charge < -0.3 is 15.0 Å². The van der Waals surface area contributed by atoms with E-state index in [2.05, 4.69) is 17.2 Å². The van der Waals surface area contributed by atoms with Gasteiger partial charge in [-0.3, -0.25) is 24.3 Å². The number of carbonyl (C=O) groups excluding carboxylic acids is 3. The Labute approximate surface area is 229 Å². The summed E-state index contributed by atoms with van der Waals surface area (Å²) in [6.45, 7) is 5.28. The van der Waals surface area contributed by atoms with E-state index in [-0.39, 0.29) is 24.3 Å². The van der Waals surface area contributed by atoms with Crippen molar-refractivity contribution < 1.29 is 19.1 Å². The average molecular weight is 527 g/mol. The molecular formula is C31H34N4O4. The molecule has 39 heavy (non-hydrogen) atoms. The van der Waals surface area contributed by atoms with E-state index in [4.69, 9.17) is 4.74 Å². The number of rotatable bonds is 6. The summed E-state index contributed by atoms with van der Waals surface area (Å²) in [6.07, 6.45) is 5.15. The number of pyridine rings is 1. The van der Waals surface area contributed by atoms with Gasteiger partial charge in [-0.15, -0.1) is 0 Å². The molecule has 8 nitrogen and oxygen atoms in total. The molecule has 2 saturated heterocycles. The van der Waals surface area contributed by atoms with Crippen LogP contribution >= 0.6 is 0 Å². The van der Waals surface area contributed by atoms with Crippen LogP contribution in [0.25, 0.3) is 0 Å². The number of nitrogens with zero attached hydrogens (tertiary/aromatic N) is 3. The van der Waals surface area contributed by atoms with Crippen LogP contribution in [0.15, 0.2) is 73.1 Å². The summed E-state index contributed by atoms with van der Waals surface area (Å²) in [5.41, 5.74) is 3.22. The third-order valence-electron chi connectivity index (χ3n) is 7.68. The monoisotopic (exact) mass is 526 g/mol. The summed E-state index contributed by atoms with van der Waals surface area (Å²) in [5, 5.41) is 2.95. The fraction of sp³-hybridized carbons (Fsp3) is 0.355. The first kappa shape index (κ1) is 26.6. The van der Waals surface area contributed by atoms with Crippen LogP contribution in [0, 0.1) is 6.92 Å². The van der Waals surface area contributed by atoms with Crippen LogP contribution in [-0.4, -0.2) is 64.0 Å². The highest BCUT2D eigenvalue weighted by Crippen LogP contribution is 2.39. The van der Waals surface area contributed by atoms with E-state index in [1.807, 2.05) is 61.5 Å². The van der Waals surface area contributed by atoms with Gasteiger partial charge in [0.15, 0.2) is 0 Å². The molecule has 0 saturated carbocycles. The fourth-order valence-corrected chi connectivity index (χ4v) is 5.42. The fourth-order valence-electron chi connectivity index (χ4n) is 5.42. The molecule has 0 unspecified atom stereocenters. The van der Waals surface area contributed by atoms with Crippen molar-refractivity contribution in [2.75, 3.05) is 19.7 Å². The zero-order chi connectivity index (χ0) is 27.4. The van der Waals surface area contributed by atoms with Crippen molar-refractivity contribution in [1.82, 2.24) is 20.1 Å². The van der Waals surface area contributed by atoms with E-state index in [0.29, 0.717) is 43.6 Å². The first-order valence-corrected chi connectivity index (χ1v) is 13.5. The van der Waals surface area contributed by atoms with E-state index in [0.717, 1.165) is 17.5 Å². The second-order valence-corrected chi connectivity index (χ2v) is 10.2. The Hall–Kier alpha value is -4.04. The van der Waals surface area contributed by atoms with Crippen molar-refractivity contribution >= 4 is 17.7 Å². The van der Waals surface area contributed by atoms with Crippen molar-refractivity contribution in [2.24, 2.45) is 0 Å². The molecule has 0 aliphatic carbocycles. The Morgan fingerprint density at radius 2 is 1.74 bits per heavy atom. The van der Waals surface area contributed by atoms with Crippen molar-refractivity contribution in [3.8, 4) is 0 Å². The Morgan fingerprint density at radius 3 is 2.41 bits per heavy atom. The van der Waals surface area contributed by atoms with Crippen LogP contribution in [0.1, 0.15) is 57.2 Å². The summed E-state index contributed by atoms with van der Waals surface area (Å²) in [6, 6.07) is 18.0. The zero-order valence-electron chi connectivity index (χ0n) is 22.4. The summed E-state index contributed by atoms with van der Waals surface area (Å²) in [7, 11) is 0. The normalized spacial score (nSPS) is 18.3. The van der Waals surface area contributed by atoms with Crippen molar-refractivity contribution in [1.29, 1.82) is 0 Å². The van der Waals surface area contributed by atoms with Crippen LogP contribution in [-0.2, 0) is 22.5 Å². The molecule has 1 N–H and O–H groups in total. The largest absolute Gasteiger partial charge is 0.353 e. The second kappa shape index (κ2) is 11.4. The van der Waals surface area contributed by atoms with Gasteiger partial charge in [-0.1, -0.05) is 42.8 Å². The molecule has 2 fully saturated rings. The minimum Gasteiger partial charge on any atom is -0.353 e. The minimum absolute atomic E-state index is 0.0344. The van der Waals surface area contributed by atoms with Crippen LogP contribution in [0.5, 0.6) is 0 Å². The molecule has 5 rings (SSSR count). The Balaban J connectivity index is 1.35. The molecule has 2 aliphatic rings. The molecule has 3 heterocycles. The standard InChI is InChI=1S/C31H34N4O4/c1-3-23-9-11-25(12-10-23)29(37)34-16-13-31(14-17-34)35(30(38)26-8-4-6-22(2)18-26)27(21-39-31)28(36)33-20-24-7-5-15-32-19-24/h4-12,15,18-19,27H,3,13-14,16-17,20-21H2,1-2H3,(H,33,36)/t27-/m1/s1. The maximum absolute atomic E-state index is 13.9. The quantitative estimate of drug-likeness (QED) is 0.528. The lowest BCUT2D eigenvalue weighted by atomic mass is 9.95. The molecule has 202 valence electrons. The van der Waals surface area contributed by atoms with Gasteiger partial charge in [-0.05, 0) is 54.8 Å². The predicted octanol–water partition coefficient (Wildman–Crippen LogP) is 3.74. The predicted molar refractivity (Wildman–Crippen MR) is 147 cm³/mol. The lowest BCUT2D eigenvalue weighted by Crippen LogP contribution is -2.59. The smallest absolute Gasteiger partial charge is 0.256 e. The van der Waals surface area contributed by atoms with Crippen LogP contribution < -0.4 is 5.32 Å². The lowest BCUT2D eigenvalue weighted by Gasteiger charge is -2.44. The number of aromatic nitrogens is 1. The number of likely N-dealkylation sites (tertiary alicyclic amines) is 1. The molecular weight excluding hydrogens is 492 g/mol. The van der Waals surface area contributed by atoms with E-state index in [1.54, 1.807) is 28.3 Å². The molecule has 1 aromatic heterocycles. The number of benzene rings is 2. The number of nitrogens with one attached hydrogen (secondary N) is 1. The number of carbonyl (C=O) groups is 3. The summed E-state index contributed by atoms with van der Waals surface area (Å²) in [4.78, 5) is 48.1. The molecule has 1 atom stereocenters. The molecule has 3 amide bonds. The molecule has 0 bridgehead atoms. The Bertz CT molecular complexity index is 1330. The zero-order valence-corrected chi connectivity index (χ0v) is 22.4. The van der Waals surface area contributed by atoms with E-state index < -0.39 is 11.8 Å². The van der Waals surface area contributed by atoms with Gasteiger partial charge in [0.05, 0.1) is 6.61 Å². The SMILES string of the molecule is CCc1ccc(C(=O)N2CCC3(CC2)OC[C@H](C(=O)NCc2cccnc2)N3C(=O)c2cccc(C)c2)cc1. The Morgan fingerprint density at radius 1 is 0.974 bits per heavy atom. The highest BCUT2D eigenvalue weighted by atomic mass is 16.5. The first-order valence-electron chi connectivity index (χ1n) is 13.5. The van der Waals surface area contributed by atoms with E-state index in [1.165, 1.54) is 5.56 Å². The minimum atomic E-state index is -0.958. The first-order chi connectivity index (χ1) is 18.9. The van der Waals surface area contributed by atoms with Gasteiger partial charge in [0.2, 0.25) is 5.91 Å². The molecule has 2 aromatic carbocycles. The Kier molecular flexibility index (Phi) is 7.74. The van der Waals surface area contributed by atoms with Gasteiger partial charge >= 0.3 is 0 Å². The number of piperidine rings is 1. The maximum atomic E-state index is 13.9.